The van der Waals surface area contributed by atoms with Crippen LogP contribution in [0.1, 0.15) is 6.92 Å². The maximum atomic E-state index is 5.96. The predicted molar refractivity (Wildman–Crippen MR) is 61.8 cm³/mol. The SMILES string of the molecule is CC1CNc2cccc(N)c2N(C)C1. The molecule has 0 bridgehead atoms. The van der Waals surface area contributed by atoms with E-state index in [2.05, 4.69) is 30.3 Å². The Balaban J connectivity index is 2.44. The van der Waals surface area contributed by atoms with Gasteiger partial charge in [-0.25, -0.2) is 0 Å². The van der Waals surface area contributed by atoms with Crippen LogP contribution in [0, 0.1) is 5.92 Å². The van der Waals surface area contributed by atoms with Crippen molar-refractivity contribution in [2.45, 2.75) is 6.92 Å². The summed E-state index contributed by atoms with van der Waals surface area (Å²) < 4.78 is 0. The molecule has 3 heteroatoms. The summed E-state index contributed by atoms with van der Waals surface area (Å²) >= 11 is 0. The van der Waals surface area contributed by atoms with Gasteiger partial charge in [0.1, 0.15) is 0 Å². The molecular weight excluding hydrogens is 174 g/mol. The molecule has 0 aliphatic carbocycles. The van der Waals surface area contributed by atoms with E-state index < -0.39 is 0 Å². The van der Waals surface area contributed by atoms with Gasteiger partial charge in [-0.1, -0.05) is 13.0 Å². The molecule has 1 heterocycles. The van der Waals surface area contributed by atoms with Crippen LogP contribution in [-0.2, 0) is 0 Å². The number of nitrogens with one attached hydrogen (secondary N) is 1. The zero-order chi connectivity index (χ0) is 10.1. The largest absolute Gasteiger partial charge is 0.397 e. The number of fused-ring (bicyclic) bond motifs is 1. The topological polar surface area (TPSA) is 41.3 Å². The van der Waals surface area contributed by atoms with Crippen molar-refractivity contribution >= 4 is 17.1 Å². The number of rotatable bonds is 0. The molecule has 1 unspecified atom stereocenters. The van der Waals surface area contributed by atoms with E-state index in [1.54, 1.807) is 0 Å². The minimum absolute atomic E-state index is 0.645. The molecule has 0 saturated heterocycles. The number of nitrogens with two attached hydrogens (primary N) is 1. The summed E-state index contributed by atoms with van der Waals surface area (Å²) in [4.78, 5) is 2.23. The smallest absolute Gasteiger partial charge is 0.0832 e. The second-order valence-corrected chi connectivity index (χ2v) is 4.11. The van der Waals surface area contributed by atoms with Gasteiger partial charge in [0.25, 0.3) is 0 Å². The molecule has 3 nitrogen and oxygen atoms in total. The summed E-state index contributed by atoms with van der Waals surface area (Å²) in [5.41, 5.74) is 9.10. The van der Waals surface area contributed by atoms with Gasteiger partial charge in [0.2, 0.25) is 0 Å². The Labute approximate surface area is 84.9 Å². The van der Waals surface area contributed by atoms with E-state index in [0.717, 1.165) is 30.2 Å². The molecule has 0 saturated carbocycles. The molecule has 1 aromatic carbocycles. The van der Waals surface area contributed by atoms with Crippen molar-refractivity contribution in [3.8, 4) is 0 Å². The van der Waals surface area contributed by atoms with Crippen LogP contribution in [0.15, 0.2) is 18.2 Å². The highest BCUT2D eigenvalue weighted by Crippen LogP contribution is 2.33. The lowest BCUT2D eigenvalue weighted by Crippen LogP contribution is -2.24. The number of nitrogen functional groups attached to an aromatic ring is 1. The van der Waals surface area contributed by atoms with Gasteiger partial charge in [-0.3, -0.25) is 0 Å². The third-order valence-corrected chi connectivity index (χ3v) is 2.68. The molecule has 1 aromatic rings. The van der Waals surface area contributed by atoms with E-state index in [0.29, 0.717) is 5.92 Å². The first-order valence-electron chi connectivity index (χ1n) is 5.02. The first kappa shape index (κ1) is 9.19. The molecule has 14 heavy (non-hydrogen) atoms. The number of benzene rings is 1. The Hall–Kier alpha value is -1.38. The molecule has 1 aliphatic rings. The Kier molecular flexibility index (Phi) is 2.23. The summed E-state index contributed by atoms with van der Waals surface area (Å²) in [5, 5.41) is 3.42. The summed E-state index contributed by atoms with van der Waals surface area (Å²) in [6.07, 6.45) is 0. The molecule has 3 N–H and O–H groups in total. The molecule has 76 valence electrons. The minimum atomic E-state index is 0.645. The molecule has 2 rings (SSSR count). The minimum Gasteiger partial charge on any atom is -0.397 e. The van der Waals surface area contributed by atoms with Gasteiger partial charge in [-0.05, 0) is 18.1 Å². The zero-order valence-electron chi connectivity index (χ0n) is 8.75. The number of hydrogen-bond acceptors (Lipinski definition) is 3. The van der Waals surface area contributed by atoms with Crippen LogP contribution < -0.4 is 16.0 Å². The molecule has 0 spiro atoms. The van der Waals surface area contributed by atoms with Crippen LogP contribution in [0.5, 0.6) is 0 Å². The van der Waals surface area contributed by atoms with Crippen LogP contribution in [-0.4, -0.2) is 20.1 Å². The highest BCUT2D eigenvalue weighted by Gasteiger charge is 2.17. The highest BCUT2D eigenvalue weighted by atomic mass is 15.1. The average molecular weight is 191 g/mol. The second kappa shape index (κ2) is 3.40. The van der Waals surface area contributed by atoms with Gasteiger partial charge in [-0.2, -0.15) is 0 Å². The van der Waals surface area contributed by atoms with Crippen molar-refractivity contribution in [1.29, 1.82) is 0 Å². The van der Waals surface area contributed by atoms with E-state index in [9.17, 15) is 0 Å². The van der Waals surface area contributed by atoms with Gasteiger partial charge in [0.15, 0.2) is 0 Å². The average Bonchev–Trinajstić information content (AvgIpc) is 2.27. The third-order valence-electron chi connectivity index (χ3n) is 2.68. The first-order valence-corrected chi connectivity index (χ1v) is 5.02. The zero-order valence-corrected chi connectivity index (χ0v) is 8.75. The Morgan fingerprint density at radius 1 is 1.50 bits per heavy atom. The number of anilines is 3. The lowest BCUT2D eigenvalue weighted by Gasteiger charge is -2.21. The fraction of sp³-hybridized carbons (Fsp3) is 0.455. The van der Waals surface area contributed by atoms with Gasteiger partial charge in [0, 0.05) is 20.1 Å². The van der Waals surface area contributed by atoms with Crippen LogP contribution >= 0.6 is 0 Å². The lowest BCUT2D eigenvalue weighted by molar-refractivity contribution is 0.618. The number of nitrogens with zero attached hydrogens (tertiary/aromatic N) is 1. The molecule has 0 radical (unpaired) electrons. The Morgan fingerprint density at radius 2 is 2.29 bits per heavy atom. The quantitative estimate of drug-likeness (QED) is 0.614. The fourth-order valence-electron chi connectivity index (χ4n) is 2.04. The van der Waals surface area contributed by atoms with Crippen molar-refractivity contribution < 1.29 is 0 Å². The predicted octanol–water partition coefficient (Wildman–Crippen LogP) is 1.77. The summed E-state index contributed by atoms with van der Waals surface area (Å²) in [6.45, 7) is 4.31. The molecule has 0 fully saturated rings. The van der Waals surface area contributed by atoms with Crippen LogP contribution in [0.3, 0.4) is 0 Å². The molecule has 0 amide bonds. The molecule has 0 aromatic heterocycles. The normalized spacial score (nSPS) is 21.0. The van der Waals surface area contributed by atoms with Gasteiger partial charge < -0.3 is 16.0 Å². The van der Waals surface area contributed by atoms with Crippen molar-refractivity contribution in [3.63, 3.8) is 0 Å². The van der Waals surface area contributed by atoms with Crippen molar-refractivity contribution in [2.24, 2.45) is 5.92 Å². The number of para-hydroxylation sites is 1. The second-order valence-electron chi connectivity index (χ2n) is 4.11. The van der Waals surface area contributed by atoms with E-state index in [1.807, 2.05) is 12.1 Å². The monoisotopic (exact) mass is 191 g/mol. The molecule has 1 atom stereocenters. The van der Waals surface area contributed by atoms with Gasteiger partial charge in [-0.15, -0.1) is 0 Å². The molecular formula is C11H17N3. The Morgan fingerprint density at radius 3 is 3.07 bits per heavy atom. The van der Waals surface area contributed by atoms with Crippen LogP contribution in [0.25, 0.3) is 0 Å². The van der Waals surface area contributed by atoms with Crippen LogP contribution in [0.2, 0.25) is 0 Å². The van der Waals surface area contributed by atoms with E-state index in [4.69, 9.17) is 5.73 Å². The standard InChI is InChI=1S/C11H17N3/c1-8-6-13-10-5-3-4-9(12)11(10)14(2)7-8/h3-5,8,13H,6-7,12H2,1-2H3. The third kappa shape index (κ3) is 1.50. The molecule has 1 aliphatic heterocycles. The Bertz CT molecular complexity index is 335. The number of hydrogen-bond donors (Lipinski definition) is 2. The fourth-order valence-corrected chi connectivity index (χ4v) is 2.04. The van der Waals surface area contributed by atoms with E-state index in [-0.39, 0.29) is 0 Å². The van der Waals surface area contributed by atoms with E-state index >= 15 is 0 Å². The van der Waals surface area contributed by atoms with Crippen molar-refractivity contribution in [3.05, 3.63) is 18.2 Å². The summed E-state index contributed by atoms with van der Waals surface area (Å²) in [7, 11) is 2.10. The lowest BCUT2D eigenvalue weighted by atomic mass is 10.2. The van der Waals surface area contributed by atoms with Crippen molar-refractivity contribution in [2.75, 3.05) is 36.1 Å². The van der Waals surface area contributed by atoms with Crippen LogP contribution in [0.4, 0.5) is 17.1 Å². The summed E-state index contributed by atoms with van der Waals surface area (Å²) in [6, 6.07) is 6.03. The summed E-state index contributed by atoms with van der Waals surface area (Å²) in [5.74, 6) is 0.645. The first-order chi connectivity index (χ1) is 6.68. The maximum Gasteiger partial charge on any atom is 0.0832 e. The van der Waals surface area contributed by atoms with E-state index in [1.165, 1.54) is 0 Å². The van der Waals surface area contributed by atoms with Crippen molar-refractivity contribution in [1.82, 2.24) is 0 Å². The maximum absolute atomic E-state index is 5.96. The van der Waals surface area contributed by atoms with Gasteiger partial charge in [0.05, 0.1) is 17.1 Å². The highest BCUT2D eigenvalue weighted by molar-refractivity contribution is 5.82. The van der Waals surface area contributed by atoms with Gasteiger partial charge >= 0.3 is 0 Å².